The van der Waals surface area contributed by atoms with Crippen LogP contribution in [0.4, 0.5) is 0 Å². The zero-order valence-corrected chi connectivity index (χ0v) is 11.8. The summed E-state index contributed by atoms with van der Waals surface area (Å²) < 4.78 is 5.40. The number of rotatable bonds is 3. The number of aryl methyl sites for hydroxylation is 1. The highest BCUT2D eigenvalue weighted by atomic mass is 32.1. The van der Waals surface area contributed by atoms with Crippen molar-refractivity contribution in [3.8, 4) is 0 Å². The molecule has 3 nitrogen and oxygen atoms in total. The van der Waals surface area contributed by atoms with Crippen LogP contribution in [-0.2, 0) is 10.2 Å². The van der Waals surface area contributed by atoms with Gasteiger partial charge in [0.25, 0.3) is 0 Å². The number of hydrogen-bond donors (Lipinski definition) is 1. The van der Waals surface area contributed by atoms with Crippen molar-refractivity contribution in [2.75, 3.05) is 19.8 Å². The van der Waals surface area contributed by atoms with Gasteiger partial charge in [-0.3, -0.25) is 0 Å². The van der Waals surface area contributed by atoms with E-state index in [9.17, 15) is 0 Å². The molecule has 17 heavy (non-hydrogen) atoms. The maximum absolute atomic E-state index is 5.85. The van der Waals surface area contributed by atoms with Crippen molar-refractivity contribution in [3.05, 3.63) is 15.6 Å². The minimum atomic E-state index is 0.0468. The van der Waals surface area contributed by atoms with Gasteiger partial charge in [-0.25, -0.2) is 4.98 Å². The summed E-state index contributed by atoms with van der Waals surface area (Å²) in [5.74, 6) is 0.592. The summed E-state index contributed by atoms with van der Waals surface area (Å²) in [4.78, 5) is 6.10. The van der Waals surface area contributed by atoms with Crippen molar-refractivity contribution in [2.45, 2.75) is 44.9 Å². The first-order valence-corrected chi connectivity index (χ1v) is 7.12. The molecule has 0 radical (unpaired) electrons. The normalized spacial score (nSPS) is 18.6. The predicted molar refractivity (Wildman–Crippen MR) is 71.7 cm³/mol. The van der Waals surface area contributed by atoms with Crippen LogP contribution < -0.4 is 5.73 Å². The number of aromatic nitrogens is 1. The molecule has 1 aliphatic heterocycles. The van der Waals surface area contributed by atoms with Gasteiger partial charge in [-0.15, -0.1) is 11.3 Å². The number of thiazole rings is 1. The second kappa shape index (κ2) is 5.04. The van der Waals surface area contributed by atoms with Crippen LogP contribution in [-0.4, -0.2) is 24.7 Å². The number of ether oxygens (including phenoxy) is 1. The highest BCUT2D eigenvalue weighted by Gasteiger charge is 2.27. The zero-order valence-electron chi connectivity index (χ0n) is 11.0. The summed E-state index contributed by atoms with van der Waals surface area (Å²) in [6.45, 7) is 8.91. The van der Waals surface area contributed by atoms with Crippen molar-refractivity contribution >= 4 is 11.3 Å². The third kappa shape index (κ3) is 2.69. The van der Waals surface area contributed by atoms with Crippen LogP contribution >= 0.6 is 11.3 Å². The SMILES string of the molecule is Cc1nc(C2CCOCC2)sc1C(C)(C)CN. The lowest BCUT2D eigenvalue weighted by Crippen LogP contribution is -2.27. The number of nitrogens with two attached hydrogens (primary N) is 1. The fourth-order valence-electron chi connectivity index (χ4n) is 2.26. The molecule has 0 amide bonds. The van der Waals surface area contributed by atoms with Crippen LogP contribution in [0.1, 0.15) is 48.2 Å². The molecule has 2 rings (SSSR count). The molecule has 1 aromatic heterocycles. The molecule has 2 heterocycles. The van der Waals surface area contributed by atoms with E-state index in [1.54, 1.807) is 0 Å². The van der Waals surface area contributed by atoms with E-state index in [4.69, 9.17) is 15.5 Å². The molecule has 1 aromatic rings. The lowest BCUT2D eigenvalue weighted by Gasteiger charge is -2.21. The van der Waals surface area contributed by atoms with E-state index in [0.717, 1.165) is 31.7 Å². The monoisotopic (exact) mass is 254 g/mol. The van der Waals surface area contributed by atoms with Crippen molar-refractivity contribution in [3.63, 3.8) is 0 Å². The highest BCUT2D eigenvalue weighted by molar-refractivity contribution is 7.12. The molecule has 0 spiro atoms. The molecule has 0 saturated carbocycles. The molecule has 0 aliphatic carbocycles. The van der Waals surface area contributed by atoms with Crippen LogP contribution in [0.5, 0.6) is 0 Å². The van der Waals surface area contributed by atoms with Crippen molar-refractivity contribution in [1.29, 1.82) is 0 Å². The van der Waals surface area contributed by atoms with Crippen LogP contribution in [0.25, 0.3) is 0 Å². The van der Waals surface area contributed by atoms with Gasteiger partial charge in [-0.2, -0.15) is 0 Å². The summed E-state index contributed by atoms with van der Waals surface area (Å²) in [7, 11) is 0. The van der Waals surface area contributed by atoms with Crippen LogP contribution in [0.2, 0.25) is 0 Å². The Bertz CT molecular complexity index is 381. The third-order valence-corrected chi connectivity index (χ3v) is 5.19. The molecule has 2 N–H and O–H groups in total. The summed E-state index contributed by atoms with van der Waals surface area (Å²) in [6, 6.07) is 0. The Hall–Kier alpha value is -0.450. The standard InChI is InChI=1S/C13H22N2OS/c1-9-11(13(2,3)8-14)17-12(15-9)10-4-6-16-7-5-10/h10H,4-8,14H2,1-3H3. The molecule has 1 fully saturated rings. The maximum atomic E-state index is 5.85. The molecule has 0 unspecified atom stereocenters. The summed E-state index contributed by atoms with van der Waals surface area (Å²) in [5.41, 5.74) is 7.06. The quantitative estimate of drug-likeness (QED) is 0.902. The van der Waals surface area contributed by atoms with Crippen LogP contribution in [0.15, 0.2) is 0 Å². The molecule has 0 bridgehead atoms. The van der Waals surface area contributed by atoms with E-state index < -0.39 is 0 Å². The Kier molecular flexibility index (Phi) is 3.85. The minimum Gasteiger partial charge on any atom is -0.381 e. The first kappa shape index (κ1) is 13.0. The Balaban J connectivity index is 2.23. The van der Waals surface area contributed by atoms with Gasteiger partial charge in [-0.1, -0.05) is 13.8 Å². The number of nitrogens with zero attached hydrogens (tertiary/aromatic N) is 1. The van der Waals surface area contributed by atoms with Gasteiger partial charge >= 0.3 is 0 Å². The largest absolute Gasteiger partial charge is 0.381 e. The average molecular weight is 254 g/mol. The van der Waals surface area contributed by atoms with Gasteiger partial charge in [0.05, 0.1) is 10.7 Å². The lowest BCUT2D eigenvalue weighted by atomic mass is 9.91. The fourth-order valence-corrected chi connectivity index (χ4v) is 3.60. The van der Waals surface area contributed by atoms with E-state index >= 15 is 0 Å². The van der Waals surface area contributed by atoms with E-state index in [-0.39, 0.29) is 5.41 Å². The minimum absolute atomic E-state index is 0.0468. The van der Waals surface area contributed by atoms with Gasteiger partial charge in [0.2, 0.25) is 0 Å². The van der Waals surface area contributed by atoms with E-state index in [0.29, 0.717) is 12.5 Å². The Morgan fingerprint density at radius 3 is 2.65 bits per heavy atom. The molecule has 96 valence electrons. The topological polar surface area (TPSA) is 48.1 Å². The van der Waals surface area contributed by atoms with Gasteiger partial charge in [0.15, 0.2) is 0 Å². The van der Waals surface area contributed by atoms with Gasteiger partial charge in [0, 0.05) is 36.0 Å². The predicted octanol–water partition coefficient (Wildman–Crippen LogP) is 2.58. The average Bonchev–Trinajstić information content (AvgIpc) is 2.73. The Morgan fingerprint density at radius 2 is 2.06 bits per heavy atom. The van der Waals surface area contributed by atoms with E-state index in [2.05, 4.69) is 20.8 Å². The molecule has 1 saturated heterocycles. The lowest BCUT2D eigenvalue weighted by molar-refractivity contribution is 0.0852. The molecular weight excluding hydrogens is 232 g/mol. The van der Waals surface area contributed by atoms with E-state index in [1.165, 1.54) is 9.88 Å². The first-order valence-electron chi connectivity index (χ1n) is 6.30. The van der Waals surface area contributed by atoms with Crippen LogP contribution in [0.3, 0.4) is 0 Å². The number of hydrogen-bond acceptors (Lipinski definition) is 4. The second-order valence-electron chi connectivity index (χ2n) is 5.44. The zero-order chi connectivity index (χ0) is 12.5. The summed E-state index contributed by atoms with van der Waals surface area (Å²) in [6.07, 6.45) is 2.21. The maximum Gasteiger partial charge on any atom is 0.0963 e. The molecule has 0 atom stereocenters. The summed E-state index contributed by atoms with van der Waals surface area (Å²) in [5, 5.41) is 1.28. The second-order valence-corrected chi connectivity index (χ2v) is 6.47. The smallest absolute Gasteiger partial charge is 0.0963 e. The van der Waals surface area contributed by atoms with Crippen molar-refractivity contribution in [1.82, 2.24) is 4.98 Å². The van der Waals surface area contributed by atoms with Gasteiger partial charge in [0.1, 0.15) is 0 Å². The molecule has 4 heteroatoms. The fraction of sp³-hybridized carbons (Fsp3) is 0.769. The molecule has 0 aromatic carbocycles. The molecular formula is C13H22N2OS. The summed E-state index contributed by atoms with van der Waals surface area (Å²) >= 11 is 1.85. The van der Waals surface area contributed by atoms with E-state index in [1.807, 2.05) is 11.3 Å². The first-order chi connectivity index (χ1) is 8.04. The molecule has 1 aliphatic rings. The Morgan fingerprint density at radius 1 is 1.41 bits per heavy atom. The Labute approximate surface area is 107 Å². The van der Waals surface area contributed by atoms with Crippen molar-refractivity contribution < 1.29 is 4.74 Å². The van der Waals surface area contributed by atoms with Gasteiger partial charge in [-0.05, 0) is 19.8 Å². The van der Waals surface area contributed by atoms with Crippen LogP contribution in [0, 0.1) is 6.92 Å². The van der Waals surface area contributed by atoms with Crippen molar-refractivity contribution in [2.24, 2.45) is 5.73 Å². The van der Waals surface area contributed by atoms with Gasteiger partial charge < -0.3 is 10.5 Å². The highest BCUT2D eigenvalue weighted by Crippen LogP contribution is 2.36. The third-order valence-electron chi connectivity index (χ3n) is 3.51.